The number of allylic oxidation sites excluding steroid dienone is 2. The number of Topliss-reactive ketones (excluding diaryl/α,β-unsaturated/α-hetero) is 1. The fourth-order valence-electron chi connectivity index (χ4n) is 14.6. The van der Waals surface area contributed by atoms with Crippen LogP contribution in [0.4, 0.5) is 0 Å². The second-order valence-corrected chi connectivity index (χ2v) is 25.3. The average molecular weight is 1120 g/mol. The van der Waals surface area contributed by atoms with Gasteiger partial charge < -0.3 is 72.9 Å². The van der Waals surface area contributed by atoms with Gasteiger partial charge in [-0.1, -0.05) is 59.6 Å². The molecule has 27 heteroatoms. The molecule has 3 saturated carbocycles. The number of esters is 1. The van der Waals surface area contributed by atoms with Crippen LogP contribution in [0, 0.1) is 45.3 Å². The molecule has 23 nitrogen and oxygen atoms in total. The van der Waals surface area contributed by atoms with E-state index in [2.05, 4.69) is 56.0 Å². The van der Waals surface area contributed by atoms with Crippen LogP contribution in [0.1, 0.15) is 113 Å². The first kappa shape index (κ1) is 63.3. The summed E-state index contributed by atoms with van der Waals surface area (Å²) in [4.78, 5) is 28.6. The molecule has 1 spiro atoms. The molecule has 4 aliphatic carbocycles. The van der Waals surface area contributed by atoms with E-state index < -0.39 is 154 Å². The molecule has 0 unspecified atom stereocenters. The van der Waals surface area contributed by atoms with E-state index in [1.807, 2.05) is 6.92 Å². The number of hydrogen-bond acceptors (Lipinski definition) is 23. The van der Waals surface area contributed by atoms with Gasteiger partial charge in [0.15, 0.2) is 18.9 Å². The summed E-state index contributed by atoms with van der Waals surface area (Å²) in [5.74, 6) is -0.328. The van der Waals surface area contributed by atoms with Crippen molar-refractivity contribution in [1.29, 1.82) is 0 Å². The van der Waals surface area contributed by atoms with E-state index >= 15 is 0 Å². The SMILES string of the molecule is CC(C)CCC[C@]1(C)OC(=O)[C@]23CC=C4[C@@H](CC[C@H]5C(C)(C)[C@@H](O[C@@H]6OC[C@@H](OS(=O)(=O)[O-])[C@H](O)[C@H]6O[C@H]6O[C@H](C)[C@H](O[C@@H]7O[C@H](COS(=O)(=O)[O-])[C@@H](O)[C@H](O)[C@H]7O)[C@H](O)[C@H]6O)CC[C@]45C)[C@]2(C)CC(=O)[C@@H]31.[Na+].[Na+]. The molecule has 4 aliphatic heterocycles. The van der Waals surface area contributed by atoms with Gasteiger partial charge in [-0.25, -0.2) is 16.8 Å². The van der Waals surface area contributed by atoms with Crippen LogP contribution in [0.3, 0.4) is 0 Å². The molecule has 0 radical (unpaired) electrons. The van der Waals surface area contributed by atoms with Gasteiger partial charge in [0.05, 0.1) is 36.8 Å². The maximum absolute atomic E-state index is 14.3. The Hall–Kier alpha value is 0.140. The normalized spacial score (nSPS) is 47.0. The molecule has 7 fully saturated rings. The maximum atomic E-state index is 14.3. The summed E-state index contributed by atoms with van der Waals surface area (Å²) in [6, 6.07) is 0. The third kappa shape index (κ3) is 11.4. The number of ketones is 1. The Morgan fingerprint density at radius 3 is 2.05 bits per heavy atom. The number of hydrogen-bond donors (Lipinski definition) is 6. The molecular formula is C47H72Na2O23S2. The van der Waals surface area contributed by atoms with Crippen molar-refractivity contribution in [3.8, 4) is 0 Å². The average Bonchev–Trinajstić information content (AvgIpc) is 3.66. The number of carbonyl (C=O) groups is 2. The zero-order chi connectivity index (χ0) is 53.1. The Balaban J connectivity index is 0.00000446. The van der Waals surface area contributed by atoms with Crippen LogP contribution in [0.25, 0.3) is 0 Å². The molecule has 6 N–H and O–H groups in total. The Morgan fingerprint density at radius 1 is 0.784 bits per heavy atom. The Labute approximate surface area is 476 Å². The molecule has 0 aromatic rings. The van der Waals surface area contributed by atoms with E-state index in [0.717, 1.165) is 12.8 Å². The second-order valence-electron chi connectivity index (χ2n) is 23.2. The largest absolute Gasteiger partial charge is 1.00 e. The molecule has 4 heterocycles. The molecule has 74 heavy (non-hydrogen) atoms. The number of cyclic esters (lactones) is 1. The molecule has 8 aliphatic rings. The first-order valence-electron chi connectivity index (χ1n) is 25.0. The molecule has 0 aromatic heterocycles. The number of aliphatic hydroxyl groups is 6. The van der Waals surface area contributed by atoms with Gasteiger partial charge in [-0.15, -0.1) is 0 Å². The van der Waals surface area contributed by atoms with Gasteiger partial charge in [0.2, 0.25) is 20.8 Å². The van der Waals surface area contributed by atoms with E-state index in [9.17, 15) is 66.2 Å². The van der Waals surface area contributed by atoms with Crippen molar-refractivity contribution in [1.82, 2.24) is 0 Å². The van der Waals surface area contributed by atoms with E-state index in [4.69, 9.17) is 33.2 Å². The Bertz CT molecular complexity index is 2310. The van der Waals surface area contributed by atoms with Crippen molar-refractivity contribution in [2.45, 2.75) is 211 Å². The van der Waals surface area contributed by atoms with Crippen molar-refractivity contribution >= 4 is 32.6 Å². The topological polar surface area (TPSA) is 353 Å². The van der Waals surface area contributed by atoms with Gasteiger partial charge in [-0.3, -0.25) is 18.0 Å². The first-order chi connectivity index (χ1) is 33.3. The zero-order valence-electron chi connectivity index (χ0n) is 43.8. The molecular weight excluding hydrogens is 1040 g/mol. The number of fused-ring (bicyclic) bond motifs is 4. The van der Waals surface area contributed by atoms with Gasteiger partial charge in [0.1, 0.15) is 72.4 Å². The minimum Gasteiger partial charge on any atom is -0.726 e. The summed E-state index contributed by atoms with van der Waals surface area (Å²) in [5, 5.41) is 65.8. The van der Waals surface area contributed by atoms with Crippen LogP contribution in [0.5, 0.6) is 0 Å². The summed E-state index contributed by atoms with van der Waals surface area (Å²) >= 11 is 0. The smallest absolute Gasteiger partial charge is 0.726 e. The van der Waals surface area contributed by atoms with Crippen molar-refractivity contribution < 1.29 is 167 Å². The van der Waals surface area contributed by atoms with Gasteiger partial charge in [0, 0.05) is 6.42 Å². The van der Waals surface area contributed by atoms with Gasteiger partial charge in [0.25, 0.3) is 0 Å². The summed E-state index contributed by atoms with van der Waals surface area (Å²) in [7, 11) is -10.7. The van der Waals surface area contributed by atoms with Crippen LogP contribution in [0.15, 0.2) is 11.6 Å². The van der Waals surface area contributed by atoms with Crippen LogP contribution in [-0.4, -0.2) is 179 Å². The molecule has 8 rings (SSSR count). The van der Waals surface area contributed by atoms with E-state index in [1.165, 1.54) is 12.5 Å². The summed E-state index contributed by atoms with van der Waals surface area (Å²) in [6.45, 7) is 14.3. The van der Waals surface area contributed by atoms with Gasteiger partial charge in [-0.05, 0) is 92.8 Å². The molecule has 0 bridgehead atoms. The fraction of sp³-hybridized carbons (Fsp3) is 0.915. The predicted molar refractivity (Wildman–Crippen MR) is 240 cm³/mol. The third-order valence-electron chi connectivity index (χ3n) is 18.1. The number of rotatable bonds is 15. The van der Waals surface area contributed by atoms with Crippen molar-refractivity contribution in [2.24, 2.45) is 45.3 Å². The quantitative estimate of drug-likeness (QED) is 0.0222. The maximum Gasteiger partial charge on any atom is 1.00 e. The molecule has 4 saturated heterocycles. The molecule has 0 aromatic carbocycles. The molecule has 0 amide bonds. The summed E-state index contributed by atoms with van der Waals surface area (Å²) in [6.07, 6.45) is -18.2. The fourth-order valence-corrected chi connectivity index (χ4v) is 15.3. The van der Waals surface area contributed by atoms with Crippen molar-refractivity contribution in [3.05, 3.63) is 11.6 Å². The number of carbonyl (C=O) groups excluding carboxylic acids is 2. The van der Waals surface area contributed by atoms with Crippen molar-refractivity contribution in [2.75, 3.05) is 13.2 Å². The minimum absolute atomic E-state index is 0. The number of aliphatic hydroxyl groups excluding tert-OH is 6. The molecule has 412 valence electrons. The van der Waals surface area contributed by atoms with Crippen LogP contribution in [0.2, 0.25) is 0 Å². The number of ether oxygens (including phenoxy) is 7. The summed E-state index contributed by atoms with van der Waals surface area (Å²) < 4.78 is 119. The standard InChI is InChI=1S/C47H74O23S2.2Na/c1-21(2)10-9-15-46(8)38-25(48)18-45(7)24-11-12-28-43(4,5)29(14-16-44(28,6)23(24)13-17-47(38,45)42(55)69-46)66-41-37(31(50)27(19-62-41)70-72(59,60)61)68-39-35(54)33(52)36(22(3)64-39)67-40-34(53)32(51)30(49)26(65-40)20-63-71(56,57)58;;/h13,21-22,24,26-41,49-54H,9-12,14-20H2,1-8H3,(H,56,57,58)(H,59,60,61);;/q;2*+1/p-2/t22-,24-,26-,27-,28+,29+,30-,31+,32+,33-,34-,35-,36+,37-,38-,39-,40+,41+,44-,45+,46+,47-;;/m1../s1. The first-order valence-corrected chi connectivity index (χ1v) is 27.6. The zero-order valence-corrected chi connectivity index (χ0v) is 49.4. The summed E-state index contributed by atoms with van der Waals surface area (Å²) in [5.41, 5.74) is -2.30. The predicted octanol–water partition coefficient (Wildman–Crippen LogP) is -5.63. The second kappa shape index (κ2) is 22.8. The van der Waals surface area contributed by atoms with Crippen LogP contribution in [-0.2, 0) is 71.9 Å². The van der Waals surface area contributed by atoms with Gasteiger partial charge >= 0.3 is 65.1 Å². The van der Waals surface area contributed by atoms with Gasteiger partial charge in [-0.2, -0.15) is 0 Å². The van der Waals surface area contributed by atoms with Crippen LogP contribution >= 0.6 is 0 Å². The third-order valence-corrected chi connectivity index (χ3v) is 19.0. The van der Waals surface area contributed by atoms with Crippen LogP contribution < -0.4 is 59.1 Å². The van der Waals surface area contributed by atoms with Crippen molar-refractivity contribution in [3.63, 3.8) is 0 Å². The van der Waals surface area contributed by atoms with E-state index in [1.54, 1.807) is 0 Å². The molecule has 22 atom stereocenters. The van der Waals surface area contributed by atoms with E-state index in [0.29, 0.717) is 44.4 Å². The Morgan fingerprint density at radius 2 is 1.42 bits per heavy atom. The monoisotopic (exact) mass is 1110 g/mol. The Kier molecular flexibility index (Phi) is 19.5. The minimum atomic E-state index is -5.41. The van der Waals surface area contributed by atoms with E-state index in [-0.39, 0.29) is 94.5 Å².